The number of carbonyl (C=O) groups is 2. The van der Waals surface area contributed by atoms with E-state index < -0.39 is 17.9 Å². The first kappa shape index (κ1) is 14.2. The average molecular weight is 294 g/mol. The number of hydrogen-bond donors (Lipinski definition) is 3. The predicted molar refractivity (Wildman–Crippen MR) is 75.7 cm³/mol. The number of nitrogens with zero attached hydrogens (tertiary/aromatic N) is 2. The van der Waals surface area contributed by atoms with Crippen molar-refractivity contribution in [3.05, 3.63) is 17.3 Å². The maximum absolute atomic E-state index is 11.1. The van der Waals surface area contributed by atoms with Gasteiger partial charge in [-0.05, 0) is 12.5 Å². The highest BCUT2D eigenvalue weighted by Gasteiger charge is 2.21. The molecule has 0 radical (unpaired) electrons. The Balaban J connectivity index is 2.34. The van der Waals surface area contributed by atoms with Crippen LogP contribution in [0.1, 0.15) is 18.2 Å². The van der Waals surface area contributed by atoms with Crippen LogP contribution < -0.4 is 11.1 Å². The summed E-state index contributed by atoms with van der Waals surface area (Å²) in [6.07, 6.45) is 1.93. The van der Waals surface area contributed by atoms with Crippen molar-refractivity contribution in [2.75, 3.05) is 5.32 Å². The number of hydrogen-bond acceptors (Lipinski definition) is 6. The highest BCUT2D eigenvalue weighted by atomic mass is 32.1. The van der Waals surface area contributed by atoms with Gasteiger partial charge in [-0.15, -0.1) is 11.3 Å². The van der Waals surface area contributed by atoms with Crippen molar-refractivity contribution in [3.8, 4) is 0 Å². The lowest BCUT2D eigenvalue weighted by atomic mass is 10.2. The number of carboxylic acids is 1. The number of thiophene rings is 1. The molecule has 7 nitrogen and oxygen atoms in total. The molecular formula is C12H14N4O3S. The molecule has 20 heavy (non-hydrogen) atoms. The monoisotopic (exact) mass is 294 g/mol. The van der Waals surface area contributed by atoms with Crippen LogP contribution in [-0.2, 0) is 16.0 Å². The molecule has 2 aromatic rings. The summed E-state index contributed by atoms with van der Waals surface area (Å²) in [5.41, 5.74) is 5.05. The summed E-state index contributed by atoms with van der Waals surface area (Å²) >= 11 is 1.53. The van der Waals surface area contributed by atoms with Gasteiger partial charge in [-0.3, -0.25) is 4.79 Å². The summed E-state index contributed by atoms with van der Waals surface area (Å²) in [5.74, 6) is -1.43. The zero-order valence-corrected chi connectivity index (χ0v) is 11.6. The lowest BCUT2D eigenvalue weighted by molar-refractivity contribution is -0.139. The number of amides is 1. The molecule has 1 atom stereocenters. The summed E-state index contributed by atoms with van der Waals surface area (Å²) in [6, 6.07) is 0.821. The molecule has 2 rings (SSSR count). The Morgan fingerprint density at radius 2 is 2.25 bits per heavy atom. The summed E-state index contributed by atoms with van der Waals surface area (Å²) in [5, 5.41) is 12.6. The van der Waals surface area contributed by atoms with E-state index in [9.17, 15) is 9.59 Å². The van der Waals surface area contributed by atoms with Crippen LogP contribution in [-0.4, -0.2) is 33.0 Å². The number of aromatic nitrogens is 2. The molecule has 1 unspecified atom stereocenters. The third-order valence-electron chi connectivity index (χ3n) is 2.74. The van der Waals surface area contributed by atoms with Crippen LogP contribution >= 0.6 is 11.3 Å². The molecule has 0 bridgehead atoms. The van der Waals surface area contributed by atoms with Crippen molar-refractivity contribution < 1.29 is 14.7 Å². The van der Waals surface area contributed by atoms with E-state index in [1.807, 2.05) is 13.0 Å². The molecular weight excluding hydrogens is 280 g/mol. The van der Waals surface area contributed by atoms with Crippen molar-refractivity contribution in [2.45, 2.75) is 25.8 Å². The molecule has 0 aliphatic carbocycles. The number of aryl methyl sites for hydroxylation is 1. The molecule has 0 aromatic carbocycles. The second kappa shape index (κ2) is 5.83. The van der Waals surface area contributed by atoms with Gasteiger partial charge in [-0.1, -0.05) is 6.92 Å². The zero-order valence-electron chi connectivity index (χ0n) is 10.8. The quantitative estimate of drug-likeness (QED) is 0.731. The van der Waals surface area contributed by atoms with Crippen molar-refractivity contribution in [1.29, 1.82) is 0 Å². The topological polar surface area (TPSA) is 118 Å². The molecule has 2 heterocycles. The zero-order chi connectivity index (χ0) is 14.7. The fourth-order valence-electron chi connectivity index (χ4n) is 1.76. The van der Waals surface area contributed by atoms with Gasteiger partial charge < -0.3 is 16.2 Å². The molecule has 2 aromatic heterocycles. The molecule has 4 N–H and O–H groups in total. The first-order valence-corrected chi connectivity index (χ1v) is 6.84. The summed E-state index contributed by atoms with van der Waals surface area (Å²) in [4.78, 5) is 32.1. The first-order chi connectivity index (χ1) is 9.51. The molecule has 1 amide bonds. The van der Waals surface area contributed by atoms with Gasteiger partial charge in [-0.2, -0.15) is 0 Å². The van der Waals surface area contributed by atoms with E-state index in [2.05, 4.69) is 15.3 Å². The minimum atomic E-state index is -1.15. The summed E-state index contributed by atoms with van der Waals surface area (Å²) in [6.45, 7) is 2.03. The van der Waals surface area contributed by atoms with Gasteiger partial charge in [0.15, 0.2) is 0 Å². The molecule has 0 spiro atoms. The Labute approximate surface area is 118 Å². The third kappa shape index (κ3) is 3.02. The van der Waals surface area contributed by atoms with Crippen molar-refractivity contribution in [3.63, 3.8) is 0 Å². The molecule has 0 aliphatic heterocycles. The number of nitrogens with one attached hydrogen (secondary N) is 1. The Bertz CT molecular complexity index is 655. The standard InChI is InChI=1S/C12H14N4O3S/c1-2-6-3-7-10(14-5-15-11(7)20-6)16-8(12(18)19)4-9(13)17/h3,5,8H,2,4H2,1H3,(H2,13,17)(H,18,19)(H,14,15,16). The molecule has 0 fully saturated rings. The third-order valence-corrected chi connectivity index (χ3v) is 3.93. The number of primary amides is 1. The van der Waals surface area contributed by atoms with Gasteiger partial charge >= 0.3 is 5.97 Å². The number of rotatable bonds is 6. The van der Waals surface area contributed by atoms with Gasteiger partial charge in [0.05, 0.1) is 11.8 Å². The van der Waals surface area contributed by atoms with Crippen LogP contribution in [0, 0.1) is 0 Å². The predicted octanol–water partition coefficient (Wildman–Crippen LogP) is 0.994. The Kier molecular flexibility index (Phi) is 4.14. The fourth-order valence-corrected chi connectivity index (χ4v) is 2.70. The van der Waals surface area contributed by atoms with E-state index in [0.29, 0.717) is 5.82 Å². The average Bonchev–Trinajstić information content (AvgIpc) is 2.81. The Morgan fingerprint density at radius 1 is 1.50 bits per heavy atom. The minimum Gasteiger partial charge on any atom is -0.480 e. The van der Waals surface area contributed by atoms with E-state index in [4.69, 9.17) is 10.8 Å². The van der Waals surface area contributed by atoms with Gasteiger partial charge in [0, 0.05) is 4.88 Å². The largest absolute Gasteiger partial charge is 0.480 e. The van der Waals surface area contributed by atoms with Crippen LogP contribution in [0.5, 0.6) is 0 Å². The second-order valence-electron chi connectivity index (χ2n) is 4.21. The maximum atomic E-state index is 11.1. The molecule has 8 heteroatoms. The van der Waals surface area contributed by atoms with E-state index in [1.54, 1.807) is 0 Å². The highest BCUT2D eigenvalue weighted by Crippen LogP contribution is 2.28. The number of carbonyl (C=O) groups excluding carboxylic acids is 1. The molecule has 106 valence electrons. The number of carboxylic acid groups (broad SMARTS) is 1. The Morgan fingerprint density at radius 3 is 2.85 bits per heavy atom. The molecule has 0 aliphatic rings. The van der Waals surface area contributed by atoms with E-state index in [0.717, 1.165) is 21.5 Å². The van der Waals surface area contributed by atoms with Gasteiger partial charge in [0.2, 0.25) is 5.91 Å². The van der Waals surface area contributed by atoms with Crippen LogP contribution in [0.4, 0.5) is 5.82 Å². The maximum Gasteiger partial charge on any atom is 0.326 e. The van der Waals surface area contributed by atoms with Crippen LogP contribution in [0.3, 0.4) is 0 Å². The summed E-state index contributed by atoms with van der Waals surface area (Å²) < 4.78 is 0. The smallest absolute Gasteiger partial charge is 0.326 e. The van der Waals surface area contributed by atoms with Gasteiger partial charge in [0.25, 0.3) is 0 Å². The van der Waals surface area contributed by atoms with Crippen LogP contribution in [0.25, 0.3) is 10.2 Å². The van der Waals surface area contributed by atoms with Crippen LogP contribution in [0.2, 0.25) is 0 Å². The number of nitrogens with two attached hydrogens (primary N) is 1. The van der Waals surface area contributed by atoms with E-state index in [-0.39, 0.29) is 6.42 Å². The Hall–Kier alpha value is -2.22. The molecule has 0 saturated carbocycles. The fraction of sp³-hybridized carbons (Fsp3) is 0.333. The SMILES string of the molecule is CCc1cc2c(NC(CC(N)=O)C(=O)O)ncnc2s1. The van der Waals surface area contributed by atoms with E-state index >= 15 is 0 Å². The number of fused-ring (bicyclic) bond motifs is 1. The first-order valence-electron chi connectivity index (χ1n) is 6.02. The van der Waals surface area contributed by atoms with Crippen molar-refractivity contribution >= 4 is 39.2 Å². The van der Waals surface area contributed by atoms with Crippen molar-refractivity contribution in [1.82, 2.24) is 9.97 Å². The summed E-state index contributed by atoms with van der Waals surface area (Å²) in [7, 11) is 0. The van der Waals surface area contributed by atoms with Crippen LogP contribution in [0.15, 0.2) is 12.4 Å². The van der Waals surface area contributed by atoms with Gasteiger partial charge in [0.1, 0.15) is 23.0 Å². The number of aliphatic carboxylic acids is 1. The highest BCUT2D eigenvalue weighted by molar-refractivity contribution is 7.18. The lowest BCUT2D eigenvalue weighted by Gasteiger charge is -2.13. The second-order valence-corrected chi connectivity index (χ2v) is 5.33. The minimum absolute atomic E-state index is 0.300. The number of anilines is 1. The normalized spacial score (nSPS) is 12.2. The lowest BCUT2D eigenvalue weighted by Crippen LogP contribution is -2.34. The molecule has 0 saturated heterocycles. The van der Waals surface area contributed by atoms with Crippen molar-refractivity contribution in [2.24, 2.45) is 5.73 Å². The van der Waals surface area contributed by atoms with E-state index in [1.165, 1.54) is 17.7 Å². The van der Waals surface area contributed by atoms with Gasteiger partial charge in [-0.25, -0.2) is 14.8 Å².